The van der Waals surface area contributed by atoms with Crippen LogP contribution in [0.3, 0.4) is 0 Å². The number of carbonyl (C=O) groups excluding carboxylic acids is 1. The zero-order valence-electron chi connectivity index (χ0n) is 16.4. The zero-order chi connectivity index (χ0) is 20.7. The summed E-state index contributed by atoms with van der Waals surface area (Å²) in [6.07, 6.45) is 3.27. The minimum absolute atomic E-state index is 0.302. The van der Waals surface area contributed by atoms with Crippen molar-refractivity contribution < 1.29 is 4.79 Å². The van der Waals surface area contributed by atoms with Crippen molar-refractivity contribution in [2.24, 2.45) is 0 Å². The van der Waals surface area contributed by atoms with Crippen LogP contribution in [0.2, 0.25) is 0 Å². The number of para-hydroxylation sites is 1. The fourth-order valence-electron chi connectivity index (χ4n) is 4.02. The predicted octanol–water partition coefficient (Wildman–Crippen LogP) is 4.64. The minimum atomic E-state index is -0.302. The summed E-state index contributed by atoms with van der Waals surface area (Å²) in [4.78, 5) is 16.8. The monoisotopic (exact) mass is 413 g/mol. The van der Waals surface area contributed by atoms with Gasteiger partial charge in [-0.25, -0.2) is 4.98 Å². The van der Waals surface area contributed by atoms with Crippen LogP contribution < -0.4 is 5.32 Å². The van der Waals surface area contributed by atoms with Gasteiger partial charge in [0.2, 0.25) is 5.91 Å². The first-order valence-corrected chi connectivity index (χ1v) is 10.8. The number of nitrogens with zero attached hydrogens (tertiary/aromatic N) is 4. The number of hydrogen-bond donors (Lipinski definition) is 1. The molecule has 0 spiro atoms. The predicted molar refractivity (Wildman–Crippen MR) is 120 cm³/mol. The van der Waals surface area contributed by atoms with Crippen LogP contribution >= 0.6 is 11.8 Å². The van der Waals surface area contributed by atoms with E-state index in [1.807, 2.05) is 16.7 Å². The number of hydrogen-bond acceptors (Lipinski definition) is 4. The van der Waals surface area contributed by atoms with Gasteiger partial charge in [0.05, 0.1) is 0 Å². The third kappa shape index (κ3) is 2.97. The molecule has 3 heterocycles. The zero-order valence-corrected chi connectivity index (χ0v) is 17.2. The number of imidazole rings is 1. The molecule has 0 aliphatic carbocycles. The summed E-state index contributed by atoms with van der Waals surface area (Å²) in [5.74, 6) is 0.933. The SMILES string of the molecule is CCn1c2ccccc2c2cc(C=CC(=O)Nc3nc4n(c3C#N)CCS4)ccc21. The highest BCUT2D eigenvalue weighted by Gasteiger charge is 2.22. The summed E-state index contributed by atoms with van der Waals surface area (Å²) in [7, 11) is 0. The van der Waals surface area contributed by atoms with Gasteiger partial charge < -0.3 is 14.5 Å². The van der Waals surface area contributed by atoms with Gasteiger partial charge in [-0.2, -0.15) is 5.26 Å². The molecule has 0 fully saturated rings. The minimum Gasteiger partial charge on any atom is -0.341 e. The highest BCUT2D eigenvalue weighted by Crippen LogP contribution is 2.31. The Balaban J connectivity index is 1.42. The van der Waals surface area contributed by atoms with E-state index >= 15 is 0 Å². The van der Waals surface area contributed by atoms with Crippen molar-refractivity contribution in [2.45, 2.75) is 25.2 Å². The van der Waals surface area contributed by atoms with Crippen LogP contribution in [0.1, 0.15) is 18.2 Å². The molecule has 2 aromatic carbocycles. The van der Waals surface area contributed by atoms with E-state index in [0.717, 1.165) is 29.6 Å². The molecular formula is C23H19N5OS. The number of aromatic nitrogens is 3. The standard InChI is InChI=1S/C23H19N5OS/c1-2-27-18-6-4-3-5-16(18)17-13-15(7-9-19(17)27)8-10-21(29)25-22-20(14-24)28-11-12-30-23(28)26-22/h3-10,13H,2,11-12H2,1H3,(H,25,29). The molecule has 148 valence electrons. The molecule has 0 unspecified atom stereocenters. The molecule has 6 nitrogen and oxygen atoms in total. The Morgan fingerprint density at radius 2 is 2.10 bits per heavy atom. The lowest BCUT2D eigenvalue weighted by atomic mass is 10.1. The summed E-state index contributed by atoms with van der Waals surface area (Å²) >= 11 is 1.59. The molecule has 0 saturated carbocycles. The fraction of sp³-hybridized carbons (Fsp3) is 0.174. The van der Waals surface area contributed by atoms with Crippen LogP contribution in [0.4, 0.5) is 5.82 Å². The molecule has 1 amide bonds. The average molecular weight is 414 g/mol. The maximum atomic E-state index is 12.4. The van der Waals surface area contributed by atoms with Crippen molar-refractivity contribution in [3.63, 3.8) is 0 Å². The first kappa shape index (κ1) is 18.5. The summed E-state index contributed by atoms with van der Waals surface area (Å²) in [6.45, 7) is 3.78. The van der Waals surface area contributed by atoms with Crippen LogP contribution in [-0.4, -0.2) is 25.8 Å². The van der Waals surface area contributed by atoms with Crippen LogP contribution in [0, 0.1) is 11.3 Å². The van der Waals surface area contributed by atoms with Crippen molar-refractivity contribution in [2.75, 3.05) is 11.1 Å². The quantitative estimate of drug-likeness (QED) is 0.495. The number of anilines is 1. The van der Waals surface area contributed by atoms with Gasteiger partial charge in [-0.05, 0) is 36.8 Å². The van der Waals surface area contributed by atoms with Crippen LogP contribution in [0.25, 0.3) is 27.9 Å². The van der Waals surface area contributed by atoms with Crippen LogP contribution in [0.15, 0.2) is 53.7 Å². The highest BCUT2D eigenvalue weighted by molar-refractivity contribution is 7.99. The number of thioether (sulfide) groups is 1. The third-order valence-corrected chi connectivity index (χ3v) is 6.32. The number of rotatable bonds is 4. The van der Waals surface area contributed by atoms with E-state index in [-0.39, 0.29) is 5.91 Å². The Morgan fingerprint density at radius 3 is 2.93 bits per heavy atom. The molecule has 2 aromatic heterocycles. The van der Waals surface area contributed by atoms with Crippen molar-refractivity contribution in [3.8, 4) is 6.07 Å². The molecule has 0 radical (unpaired) electrons. The highest BCUT2D eigenvalue weighted by atomic mass is 32.2. The summed E-state index contributed by atoms with van der Waals surface area (Å²) < 4.78 is 4.14. The lowest BCUT2D eigenvalue weighted by Crippen LogP contribution is -2.10. The van der Waals surface area contributed by atoms with Crippen molar-refractivity contribution in [1.29, 1.82) is 5.26 Å². The molecule has 0 saturated heterocycles. The summed E-state index contributed by atoms with van der Waals surface area (Å²) in [6, 6.07) is 16.7. The Labute approximate surface area is 177 Å². The molecule has 1 aliphatic rings. The number of benzene rings is 2. The first-order chi connectivity index (χ1) is 14.7. The first-order valence-electron chi connectivity index (χ1n) is 9.83. The van der Waals surface area contributed by atoms with Gasteiger partial charge in [0.25, 0.3) is 0 Å². The molecule has 0 atom stereocenters. The Kier molecular flexibility index (Phi) is 4.57. The number of amides is 1. The van der Waals surface area contributed by atoms with Gasteiger partial charge in [-0.3, -0.25) is 4.79 Å². The van der Waals surface area contributed by atoms with Gasteiger partial charge >= 0.3 is 0 Å². The molecule has 0 bridgehead atoms. The Hall–Kier alpha value is -3.50. The number of carbonyl (C=O) groups is 1. The smallest absolute Gasteiger partial charge is 0.249 e. The molecule has 1 aliphatic heterocycles. The van der Waals surface area contributed by atoms with E-state index in [4.69, 9.17) is 0 Å². The van der Waals surface area contributed by atoms with Gasteiger partial charge in [0.1, 0.15) is 6.07 Å². The normalized spacial score (nSPS) is 13.2. The number of aryl methyl sites for hydroxylation is 1. The lowest BCUT2D eigenvalue weighted by molar-refractivity contribution is -0.111. The van der Waals surface area contributed by atoms with Crippen LogP contribution in [-0.2, 0) is 17.9 Å². The molecule has 4 aromatic rings. The number of fused-ring (bicyclic) bond motifs is 4. The molecular weight excluding hydrogens is 394 g/mol. The largest absolute Gasteiger partial charge is 0.341 e. The lowest BCUT2D eigenvalue weighted by Gasteiger charge is -2.03. The Bertz CT molecular complexity index is 1370. The van der Waals surface area contributed by atoms with E-state index in [0.29, 0.717) is 11.5 Å². The number of nitrogens with one attached hydrogen (secondary N) is 1. The molecule has 5 rings (SSSR count). The van der Waals surface area contributed by atoms with Gasteiger partial charge in [0, 0.05) is 46.7 Å². The third-order valence-electron chi connectivity index (χ3n) is 5.37. The van der Waals surface area contributed by atoms with Gasteiger partial charge in [-0.1, -0.05) is 36.0 Å². The van der Waals surface area contributed by atoms with E-state index in [1.54, 1.807) is 17.8 Å². The molecule has 30 heavy (non-hydrogen) atoms. The Morgan fingerprint density at radius 1 is 1.27 bits per heavy atom. The second kappa shape index (κ2) is 7.39. The van der Waals surface area contributed by atoms with E-state index in [2.05, 4.69) is 58.2 Å². The average Bonchev–Trinajstić information content (AvgIpc) is 3.43. The van der Waals surface area contributed by atoms with Crippen molar-refractivity contribution >= 4 is 51.4 Å². The van der Waals surface area contributed by atoms with E-state index < -0.39 is 0 Å². The molecule has 7 heteroatoms. The van der Waals surface area contributed by atoms with E-state index in [9.17, 15) is 10.1 Å². The maximum Gasteiger partial charge on any atom is 0.249 e. The van der Waals surface area contributed by atoms with E-state index in [1.165, 1.54) is 27.9 Å². The molecule has 1 N–H and O–H groups in total. The van der Waals surface area contributed by atoms with Crippen molar-refractivity contribution in [1.82, 2.24) is 14.1 Å². The van der Waals surface area contributed by atoms with Gasteiger partial charge in [-0.15, -0.1) is 0 Å². The summed E-state index contributed by atoms with van der Waals surface area (Å²) in [5, 5.41) is 15.3. The van der Waals surface area contributed by atoms with Crippen molar-refractivity contribution in [3.05, 3.63) is 59.8 Å². The maximum absolute atomic E-state index is 12.4. The number of nitriles is 1. The topological polar surface area (TPSA) is 75.6 Å². The van der Waals surface area contributed by atoms with Gasteiger partial charge in [0.15, 0.2) is 16.7 Å². The summed E-state index contributed by atoms with van der Waals surface area (Å²) in [5.41, 5.74) is 3.75. The van der Waals surface area contributed by atoms with Crippen LogP contribution in [0.5, 0.6) is 0 Å². The fourth-order valence-corrected chi connectivity index (χ4v) is 4.98. The second-order valence-corrected chi connectivity index (χ2v) is 8.13. The second-order valence-electron chi connectivity index (χ2n) is 7.06.